The number of benzene rings is 2. The van der Waals surface area contributed by atoms with Crippen molar-refractivity contribution < 1.29 is 0 Å². The molecule has 2 heterocycles. The van der Waals surface area contributed by atoms with E-state index in [2.05, 4.69) is 20.5 Å². The normalized spacial score (nSPS) is 11.4. The van der Waals surface area contributed by atoms with Crippen LogP contribution in [0.4, 0.5) is 5.95 Å². The molecule has 0 atom stereocenters. The Labute approximate surface area is 176 Å². The summed E-state index contributed by atoms with van der Waals surface area (Å²) in [6, 6.07) is 17.1. The first-order valence-corrected chi connectivity index (χ1v) is 9.69. The number of nitrogens with one attached hydrogen (secondary N) is 2. The first-order chi connectivity index (χ1) is 14.5. The van der Waals surface area contributed by atoms with Gasteiger partial charge in [0.15, 0.2) is 11.2 Å². The number of nitrogens with zero attached hydrogens (tertiary/aromatic N) is 4. The lowest BCUT2D eigenvalue weighted by Crippen LogP contribution is -2.29. The number of halogens is 1. The molecule has 9 heteroatoms. The maximum atomic E-state index is 12.5. The van der Waals surface area contributed by atoms with Crippen LogP contribution in [0.3, 0.4) is 0 Å². The van der Waals surface area contributed by atoms with Crippen LogP contribution >= 0.6 is 11.6 Å². The number of hydrazone groups is 1. The summed E-state index contributed by atoms with van der Waals surface area (Å²) in [6.45, 7) is 0.487. The highest BCUT2D eigenvalue weighted by molar-refractivity contribution is 6.30. The number of hydrogen-bond acceptors (Lipinski definition) is 5. The molecule has 2 N–H and O–H groups in total. The number of hydrogen-bond donors (Lipinski definition) is 2. The molecular weight excluding hydrogens is 404 g/mol. The summed E-state index contributed by atoms with van der Waals surface area (Å²) in [7, 11) is 1.57. The molecule has 0 saturated carbocycles. The number of fused-ring (bicyclic) bond motifs is 1. The second-order valence-electron chi connectivity index (χ2n) is 6.73. The maximum absolute atomic E-state index is 12.5. The summed E-state index contributed by atoms with van der Waals surface area (Å²) < 4.78 is 3.05. The predicted molar refractivity (Wildman–Crippen MR) is 118 cm³/mol. The third kappa shape index (κ3) is 4.04. The van der Waals surface area contributed by atoms with Gasteiger partial charge in [-0.1, -0.05) is 54.1 Å². The summed E-state index contributed by atoms with van der Waals surface area (Å²) >= 11 is 5.90. The van der Waals surface area contributed by atoms with Crippen LogP contribution in [-0.4, -0.2) is 25.3 Å². The highest BCUT2D eigenvalue weighted by Crippen LogP contribution is 2.17. The SMILES string of the molecule is Cn1c(=O)[nH]c(=O)c2c1nc(NN=Cc1ccc(Cl)cc1)n2CCc1ccccc1. The van der Waals surface area contributed by atoms with Crippen molar-refractivity contribution in [2.24, 2.45) is 12.1 Å². The molecule has 8 nitrogen and oxygen atoms in total. The van der Waals surface area contributed by atoms with Crippen LogP contribution in [0.15, 0.2) is 69.3 Å². The number of H-pyrrole nitrogens is 1. The number of aryl methyl sites for hydroxylation is 3. The molecule has 0 radical (unpaired) electrons. The van der Waals surface area contributed by atoms with Crippen molar-refractivity contribution in [3.8, 4) is 0 Å². The van der Waals surface area contributed by atoms with E-state index < -0.39 is 11.2 Å². The third-order valence-corrected chi connectivity index (χ3v) is 4.97. The molecule has 2 aromatic carbocycles. The zero-order chi connectivity index (χ0) is 21.1. The minimum absolute atomic E-state index is 0.293. The van der Waals surface area contributed by atoms with Gasteiger partial charge in [0.25, 0.3) is 5.56 Å². The summed E-state index contributed by atoms with van der Waals surface area (Å²) in [5.41, 5.74) is 4.48. The van der Waals surface area contributed by atoms with E-state index in [1.165, 1.54) is 4.57 Å². The smallest absolute Gasteiger partial charge is 0.303 e. The van der Waals surface area contributed by atoms with Gasteiger partial charge in [-0.25, -0.2) is 10.2 Å². The van der Waals surface area contributed by atoms with Crippen molar-refractivity contribution in [2.75, 3.05) is 5.43 Å². The van der Waals surface area contributed by atoms with E-state index in [1.807, 2.05) is 42.5 Å². The molecule has 0 spiro atoms. The Morgan fingerprint density at radius 2 is 1.87 bits per heavy atom. The molecule has 4 rings (SSSR count). The molecule has 0 amide bonds. The largest absolute Gasteiger partial charge is 0.329 e. The fourth-order valence-electron chi connectivity index (χ4n) is 3.14. The Kier molecular flexibility index (Phi) is 5.49. The van der Waals surface area contributed by atoms with Crippen molar-refractivity contribution in [3.63, 3.8) is 0 Å². The second kappa shape index (κ2) is 8.38. The van der Waals surface area contributed by atoms with E-state index in [0.717, 1.165) is 11.1 Å². The minimum Gasteiger partial charge on any atom is -0.303 e. The third-order valence-electron chi connectivity index (χ3n) is 4.72. The highest BCUT2D eigenvalue weighted by atomic mass is 35.5. The van der Waals surface area contributed by atoms with Crippen LogP contribution < -0.4 is 16.7 Å². The van der Waals surface area contributed by atoms with Crippen LogP contribution in [0.5, 0.6) is 0 Å². The second-order valence-corrected chi connectivity index (χ2v) is 7.17. The van der Waals surface area contributed by atoms with Crippen molar-refractivity contribution in [1.29, 1.82) is 0 Å². The molecule has 2 aromatic heterocycles. The van der Waals surface area contributed by atoms with E-state index in [9.17, 15) is 9.59 Å². The molecular formula is C21H19ClN6O2. The van der Waals surface area contributed by atoms with Crippen LogP contribution in [-0.2, 0) is 20.0 Å². The van der Waals surface area contributed by atoms with Crippen molar-refractivity contribution in [1.82, 2.24) is 19.1 Å². The highest BCUT2D eigenvalue weighted by Gasteiger charge is 2.17. The van der Waals surface area contributed by atoms with Crippen LogP contribution in [0.1, 0.15) is 11.1 Å². The van der Waals surface area contributed by atoms with Crippen LogP contribution in [0.25, 0.3) is 11.2 Å². The molecule has 0 aliphatic rings. The molecule has 0 bridgehead atoms. The Hall–Kier alpha value is -3.65. The van der Waals surface area contributed by atoms with Gasteiger partial charge in [0.05, 0.1) is 6.21 Å². The summed E-state index contributed by atoms with van der Waals surface area (Å²) in [5.74, 6) is 0.373. The molecule has 0 saturated heterocycles. The van der Waals surface area contributed by atoms with E-state index in [4.69, 9.17) is 11.6 Å². The Morgan fingerprint density at radius 1 is 1.13 bits per heavy atom. The van der Waals surface area contributed by atoms with Gasteiger partial charge in [0.1, 0.15) is 0 Å². The van der Waals surface area contributed by atoms with Gasteiger partial charge >= 0.3 is 5.69 Å². The molecule has 0 aliphatic carbocycles. The number of anilines is 1. The predicted octanol–water partition coefficient (Wildman–Crippen LogP) is 2.77. The maximum Gasteiger partial charge on any atom is 0.329 e. The van der Waals surface area contributed by atoms with Gasteiger partial charge in [0, 0.05) is 18.6 Å². The molecule has 0 unspecified atom stereocenters. The van der Waals surface area contributed by atoms with E-state index >= 15 is 0 Å². The Balaban J connectivity index is 1.70. The van der Waals surface area contributed by atoms with Crippen LogP contribution in [0, 0.1) is 0 Å². The number of aromatic nitrogens is 4. The van der Waals surface area contributed by atoms with Gasteiger partial charge in [0.2, 0.25) is 5.95 Å². The van der Waals surface area contributed by atoms with E-state index in [1.54, 1.807) is 30.0 Å². The fraction of sp³-hybridized carbons (Fsp3) is 0.143. The summed E-state index contributed by atoms with van der Waals surface area (Å²) in [6.07, 6.45) is 2.31. The van der Waals surface area contributed by atoms with Crippen molar-refractivity contribution in [2.45, 2.75) is 13.0 Å². The topological polar surface area (TPSA) is 97.1 Å². The average Bonchev–Trinajstić information content (AvgIpc) is 3.12. The van der Waals surface area contributed by atoms with Gasteiger partial charge in [-0.05, 0) is 29.7 Å². The number of rotatable bonds is 6. The zero-order valence-electron chi connectivity index (χ0n) is 16.2. The lowest BCUT2D eigenvalue weighted by molar-refractivity contribution is 0.716. The van der Waals surface area contributed by atoms with E-state index in [0.29, 0.717) is 35.1 Å². The van der Waals surface area contributed by atoms with Gasteiger partial charge in [-0.15, -0.1) is 0 Å². The molecule has 152 valence electrons. The van der Waals surface area contributed by atoms with Gasteiger partial charge in [-0.2, -0.15) is 10.1 Å². The summed E-state index contributed by atoms with van der Waals surface area (Å²) in [4.78, 5) is 31.3. The zero-order valence-corrected chi connectivity index (χ0v) is 16.9. The quantitative estimate of drug-likeness (QED) is 0.369. The molecule has 0 fully saturated rings. The van der Waals surface area contributed by atoms with Crippen molar-refractivity contribution >= 4 is 34.9 Å². The Bertz CT molecular complexity index is 1320. The first kappa shape index (κ1) is 19.7. The summed E-state index contributed by atoms with van der Waals surface area (Å²) in [5, 5.41) is 4.87. The van der Waals surface area contributed by atoms with Gasteiger partial charge < -0.3 is 4.57 Å². The Morgan fingerprint density at radius 3 is 2.60 bits per heavy atom. The molecule has 4 aromatic rings. The monoisotopic (exact) mass is 422 g/mol. The number of imidazole rings is 1. The lowest BCUT2D eigenvalue weighted by Gasteiger charge is -2.08. The first-order valence-electron chi connectivity index (χ1n) is 9.31. The van der Waals surface area contributed by atoms with E-state index in [-0.39, 0.29) is 0 Å². The van der Waals surface area contributed by atoms with Crippen molar-refractivity contribution in [3.05, 3.63) is 91.6 Å². The number of aromatic amines is 1. The fourth-order valence-corrected chi connectivity index (χ4v) is 3.26. The molecule has 0 aliphatic heterocycles. The van der Waals surface area contributed by atoms with Crippen LogP contribution in [0.2, 0.25) is 5.02 Å². The average molecular weight is 423 g/mol. The lowest BCUT2D eigenvalue weighted by atomic mass is 10.1. The van der Waals surface area contributed by atoms with Gasteiger partial charge in [-0.3, -0.25) is 14.3 Å². The molecule has 30 heavy (non-hydrogen) atoms. The standard InChI is InChI=1S/C21H19ClN6O2/c1-27-18-17(19(29)25-21(27)30)28(12-11-14-5-3-2-4-6-14)20(24-18)26-23-13-15-7-9-16(22)10-8-15/h2-10,13H,11-12H2,1H3,(H,24,26)(H,25,29,30). The minimum atomic E-state index is -0.517.